The van der Waals surface area contributed by atoms with Crippen molar-refractivity contribution in [2.24, 2.45) is 5.92 Å². The predicted octanol–water partition coefficient (Wildman–Crippen LogP) is 15.9. The zero-order valence-corrected chi connectivity index (χ0v) is 38.1. The van der Waals surface area contributed by atoms with Gasteiger partial charge in [-0.25, -0.2) is 0 Å². The van der Waals surface area contributed by atoms with Gasteiger partial charge < -0.3 is 14.2 Å². The summed E-state index contributed by atoms with van der Waals surface area (Å²) in [6, 6.07) is 0. The monoisotopic (exact) mass is 793 g/mol. The molecule has 1 atom stereocenters. The van der Waals surface area contributed by atoms with Crippen LogP contribution in [0.2, 0.25) is 0 Å². The van der Waals surface area contributed by atoms with E-state index in [1.807, 2.05) is 0 Å². The third kappa shape index (κ3) is 43.5. The molecule has 0 N–H and O–H groups in total. The van der Waals surface area contributed by atoms with Crippen molar-refractivity contribution in [3.05, 3.63) is 0 Å². The summed E-state index contributed by atoms with van der Waals surface area (Å²) in [7, 11) is 0. The lowest BCUT2D eigenvalue weighted by molar-refractivity contribution is -0.167. The molecule has 0 heterocycles. The maximum atomic E-state index is 12.7. The van der Waals surface area contributed by atoms with Gasteiger partial charge in [0.2, 0.25) is 0 Å². The minimum Gasteiger partial charge on any atom is -0.462 e. The Balaban J connectivity index is 4.12. The lowest BCUT2D eigenvalue weighted by Crippen LogP contribution is -2.30. The van der Waals surface area contributed by atoms with Gasteiger partial charge in [0, 0.05) is 19.3 Å². The first-order valence-electron chi connectivity index (χ1n) is 24.9. The zero-order valence-electron chi connectivity index (χ0n) is 38.1. The van der Waals surface area contributed by atoms with Crippen LogP contribution in [0.25, 0.3) is 0 Å². The maximum Gasteiger partial charge on any atom is 0.306 e. The lowest BCUT2D eigenvalue weighted by Gasteiger charge is -2.18. The first-order chi connectivity index (χ1) is 27.4. The molecular formula is C50H96O6. The average molecular weight is 793 g/mol. The molecule has 0 aliphatic rings. The Bertz CT molecular complexity index is 841. The Hall–Kier alpha value is -1.59. The highest BCUT2D eigenvalue weighted by Crippen LogP contribution is 2.17. The van der Waals surface area contributed by atoms with Crippen LogP contribution in [0, 0.1) is 5.92 Å². The van der Waals surface area contributed by atoms with Gasteiger partial charge in [0.15, 0.2) is 6.10 Å². The van der Waals surface area contributed by atoms with E-state index in [0.29, 0.717) is 19.3 Å². The fourth-order valence-electron chi connectivity index (χ4n) is 7.51. The van der Waals surface area contributed by atoms with E-state index in [4.69, 9.17) is 14.2 Å². The van der Waals surface area contributed by atoms with E-state index < -0.39 is 6.10 Å². The lowest BCUT2D eigenvalue weighted by atomic mass is 10.0. The van der Waals surface area contributed by atoms with E-state index in [0.717, 1.165) is 70.1 Å². The fraction of sp³-hybridized carbons (Fsp3) is 0.940. The molecule has 0 spiro atoms. The molecule has 6 heteroatoms. The van der Waals surface area contributed by atoms with Crippen molar-refractivity contribution in [1.29, 1.82) is 0 Å². The third-order valence-corrected chi connectivity index (χ3v) is 11.3. The molecule has 0 saturated carbocycles. The van der Waals surface area contributed by atoms with E-state index in [-0.39, 0.29) is 31.1 Å². The Morgan fingerprint density at radius 3 is 0.875 bits per heavy atom. The number of rotatable bonds is 45. The van der Waals surface area contributed by atoms with Gasteiger partial charge in [0.25, 0.3) is 0 Å². The van der Waals surface area contributed by atoms with E-state index in [1.54, 1.807) is 0 Å². The van der Waals surface area contributed by atoms with Crippen LogP contribution in [0.15, 0.2) is 0 Å². The molecule has 0 radical (unpaired) electrons. The molecule has 0 rings (SSSR count). The van der Waals surface area contributed by atoms with E-state index >= 15 is 0 Å². The molecular weight excluding hydrogens is 697 g/mol. The largest absolute Gasteiger partial charge is 0.462 e. The van der Waals surface area contributed by atoms with Crippen LogP contribution in [-0.2, 0) is 28.6 Å². The smallest absolute Gasteiger partial charge is 0.306 e. The Labute approximate surface area is 348 Å². The normalized spacial score (nSPS) is 11.9. The highest BCUT2D eigenvalue weighted by molar-refractivity contribution is 5.71. The second-order valence-corrected chi connectivity index (χ2v) is 17.6. The number of hydrogen-bond acceptors (Lipinski definition) is 6. The van der Waals surface area contributed by atoms with Crippen LogP contribution in [0.5, 0.6) is 0 Å². The van der Waals surface area contributed by atoms with Crippen molar-refractivity contribution in [2.75, 3.05) is 13.2 Å². The SMILES string of the molecule is CCCCCCCCCCCCCCCCCCC(=O)OC[C@@H](COC(=O)CCCCCCC)OC(=O)CCCCCCCCCCCCCCCCC(C)C. The van der Waals surface area contributed by atoms with Crippen LogP contribution in [0.3, 0.4) is 0 Å². The van der Waals surface area contributed by atoms with Crippen molar-refractivity contribution < 1.29 is 28.6 Å². The number of unbranched alkanes of at least 4 members (excludes halogenated alkanes) is 32. The first kappa shape index (κ1) is 54.4. The van der Waals surface area contributed by atoms with Gasteiger partial charge >= 0.3 is 17.9 Å². The van der Waals surface area contributed by atoms with Crippen molar-refractivity contribution in [3.8, 4) is 0 Å². The molecule has 0 saturated heterocycles. The van der Waals surface area contributed by atoms with E-state index in [1.165, 1.54) is 167 Å². The number of ether oxygens (including phenoxy) is 3. The number of esters is 3. The van der Waals surface area contributed by atoms with Gasteiger partial charge in [0.1, 0.15) is 13.2 Å². The van der Waals surface area contributed by atoms with Crippen molar-refractivity contribution in [1.82, 2.24) is 0 Å². The highest BCUT2D eigenvalue weighted by atomic mass is 16.6. The van der Waals surface area contributed by atoms with Crippen molar-refractivity contribution in [2.45, 2.75) is 284 Å². The molecule has 0 bridgehead atoms. The summed E-state index contributed by atoms with van der Waals surface area (Å²) in [4.78, 5) is 37.6. The fourth-order valence-corrected chi connectivity index (χ4v) is 7.51. The highest BCUT2D eigenvalue weighted by Gasteiger charge is 2.19. The zero-order chi connectivity index (χ0) is 41.0. The number of carbonyl (C=O) groups is 3. The van der Waals surface area contributed by atoms with Gasteiger partial charge in [-0.3, -0.25) is 14.4 Å². The molecule has 0 aromatic carbocycles. The van der Waals surface area contributed by atoms with E-state index in [9.17, 15) is 14.4 Å². The Kier molecular flexibility index (Phi) is 43.2. The summed E-state index contributed by atoms with van der Waals surface area (Å²) in [5.41, 5.74) is 0. The molecule has 0 aliphatic heterocycles. The third-order valence-electron chi connectivity index (χ3n) is 11.3. The summed E-state index contributed by atoms with van der Waals surface area (Å²) >= 11 is 0. The first-order valence-corrected chi connectivity index (χ1v) is 24.9. The summed E-state index contributed by atoms with van der Waals surface area (Å²) < 4.78 is 16.7. The predicted molar refractivity (Wildman–Crippen MR) is 238 cm³/mol. The van der Waals surface area contributed by atoms with Crippen molar-refractivity contribution >= 4 is 17.9 Å². The van der Waals surface area contributed by atoms with Gasteiger partial charge in [-0.1, -0.05) is 240 Å². The number of hydrogen-bond donors (Lipinski definition) is 0. The van der Waals surface area contributed by atoms with Gasteiger partial charge in [-0.2, -0.15) is 0 Å². The van der Waals surface area contributed by atoms with Crippen LogP contribution in [0.1, 0.15) is 278 Å². The average Bonchev–Trinajstić information content (AvgIpc) is 3.18. The topological polar surface area (TPSA) is 78.9 Å². The number of carbonyl (C=O) groups excluding carboxylic acids is 3. The molecule has 0 amide bonds. The summed E-state index contributed by atoms with van der Waals surface area (Å²) in [6.07, 6.45) is 45.5. The van der Waals surface area contributed by atoms with Gasteiger partial charge in [0.05, 0.1) is 0 Å². The second-order valence-electron chi connectivity index (χ2n) is 17.6. The van der Waals surface area contributed by atoms with Crippen LogP contribution in [0.4, 0.5) is 0 Å². The molecule has 0 unspecified atom stereocenters. The molecule has 56 heavy (non-hydrogen) atoms. The molecule has 6 nitrogen and oxygen atoms in total. The summed E-state index contributed by atoms with van der Waals surface area (Å²) in [6.45, 7) is 8.95. The van der Waals surface area contributed by atoms with Crippen LogP contribution < -0.4 is 0 Å². The molecule has 0 aromatic rings. The summed E-state index contributed by atoms with van der Waals surface area (Å²) in [5.74, 6) is -0.0179. The molecule has 332 valence electrons. The van der Waals surface area contributed by atoms with Gasteiger partial charge in [-0.05, 0) is 25.2 Å². The molecule has 0 fully saturated rings. The maximum absolute atomic E-state index is 12.7. The summed E-state index contributed by atoms with van der Waals surface area (Å²) in [5, 5.41) is 0. The molecule has 0 aromatic heterocycles. The van der Waals surface area contributed by atoms with Crippen LogP contribution >= 0.6 is 0 Å². The van der Waals surface area contributed by atoms with Crippen molar-refractivity contribution in [3.63, 3.8) is 0 Å². The standard InChI is InChI=1S/C50H96O6/c1-5-7-9-11-12-13-14-15-16-17-21-24-27-30-34-38-42-49(52)55-45-47(44-54-48(51)41-37-32-10-8-6-2)56-50(53)43-39-35-31-28-25-22-19-18-20-23-26-29-33-36-40-46(3)4/h46-47H,5-45H2,1-4H3/t47-/m1/s1. The second kappa shape index (κ2) is 44.5. The Morgan fingerprint density at radius 1 is 0.339 bits per heavy atom. The minimum absolute atomic E-state index is 0.0640. The minimum atomic E-state index is -0.758. The molecule has 0 aliphatic carbocycles. The quantitative estimate of drug-likeness (QED) is 0.0347. The Morgan fingerprint density at radius 2 is 0.589 bits per heavy atom. The van der Waals surface area contributed by atoms with E-state index in [2.05, 4.69) is 27.7 Å². The van der Waals surface area contributed by atoms with Crippen LogP contribution in [-0.4, -0.2) is 37.2 Å². The van der Waals surface area contributed by atoms with Gasteiger partial charge in [-0.15, -0.1) is 0 Å².